The van der Waals surface area contributed by atoms with Crippen LogP contribution in [0.4, 0.5) is 4.39 Å². The number of nitrogens with one attached hydrogen (secondary N) is 1. The number of likely N-dealkylation sites (N-methyl/N-ethyl adjacent to an activating group) is 1. The number of benzene rings is 1. The van der Waals surface area contributed by atoms with Crippen molar-refractivity contribution in [2.75, 3.05) is 13.7 Å². The van der Waals surface area contributed by atoms with Crippen LogP contribution < -0.4 is 10.1 Å². The van der Waals surface area contributed by atoms with Gasteiger partial charge in [-0.25, -0.2) is 4.39 Å². The maximum absolute atomic E-state index is 13.4. The third kappa shape index (κ3) is 4.22. The first-order chi connectivity index (χ1) is 10.1. The molecule has 0 saturated carbocycles. The van der Waals surface area contributed by atoms with Gasteiger partial charge in [0.05, 0.1) is 18.8 Å². The van der Waals surface area contributed by atoms with E-state index < -0.39 is 0 Å². The van der Waals surface area contributed by atoms with Crippen molar-refractivity contribution in [2.45, 2.75) is 19.4 Å². The van der Waals surface area contributed by atoms with E-state index in [9.17, 15) is 4.39 Å². The lowest BCUT2D eigenvalue weighted by Gasteiger charge is -2.18. The summed E-state index contributed by atoms with van der Waals surface area (Å²) in [5.41, 5.74) is 1.69. The van der Waals surface area contributed by atoms with E-state index in [-0.39, 0.29) is 11.9 Å². The smallest absolute Gasteiger partial charge is 0.233 e. The van der Waals surface area contributed by atoms with Gasteiger partial charge in [-0.2, -0.15) is 5.10 Å². The van der Waals surface area contributed by atoms with Gasteiger partial charge < -0.3 is 10.1 Å². The lowest BCUT2D eigenvalue weighted by molar-refractivity contribution is 0.389. The molecule has 0 aliphatic heterocycles. The average Bonchev–Trinajstić information content (AvgIpc) is 2.50. The fourth-order valence-corrected chi connectivity index (χ4v) is 2.48. The fraction of sp³-hybridized carbons (Fsp3) is 0.333. The number of nitrogens with zero attached hydrogens (tertiary/aromatic N) is 2. The third-order valence-corrected chi connectivity index (χ3v) is 3.88. The van der Waals surface area contributed by atoms with Crippen LogP contribution in [0, 0.1) is 5.82 Å². The molecule has 1 aromatic heterocycles. The molecule has 1 atom stereocenters. The van der Waals surface area contributed by atoms with Gasteiger partial charge in [-0.05, 0) is 42.8 Å². The van der Waals surface area contributed by atoms with E-state index in [2.05, 4.69) is 31.4 Å². The summed E-state index contributed by atoms with van der Waals surface area (Å²) in [6, 6.07) is 8.29. The monoisotopic (exact) mass is 353 g/mol. The largest absolute Gasteiger partial charge is 0.480 e. The van der Waals surface area contributed by atoms with Crippen LogP contribution in [0.1, 0.15) is 24.2 Å². The Morgan fingerprint density at radius 3 is 2.71 bits per heavy atom. The molecule has 2 rings (SSSR count). The van der Waals surface area contributed by atoms with Crippen LogP contribution in [0.25, 0.3) is 0 Å². The second-order valence-corrected chi connectivity index (χ2v) is 5.41. The molecule has 6 heteroatoms. The molecule has 21 heavy (non-hydrogen) atoms. The number of rotatable bonds is 6. The lowest BCUT2D eigenvalue weighted by atomic mass is 10.0. The molecule has 0 spiro atoms. The number of aromatic nitrogens is 2. The van der Waals surface area contributed by atoms with E-state index in [0.29, 0.717) is 12.3 Å². The van der Waals surface area contributed by atoms with Crippen molar-refractivity contribution in [2.24, 2.45) is 0 Å². The van der Waals surface area contributed by atoms with Crippen molar-refractivity contribution in [3.8, 4) is 5.88 Å². The Morgan fingerprint density at radius 1 is 1.29 bits per heavy atom. The topological polar surface area (TPSA) is 47.0 Å². The number of ether oxygens (including phenoxy) is 1. The number of methoxy groups -OCH3 is 1. The van der Waals surface area contributed by atoms with Gasteiger partial charge in [-0.1, -0.05) is 22.9 Å². The summed E-state index contributed by atoms with van der Waals surface area (Å²) < 4.78 is 19.3. The average molecular weight is 354 g/mol. The first kappa shape index (κ1) is 15.9. The minimum Gasteiger partial charge on any atom is -0.480 e. The molecular formula is C15H17BrFN3O. The van der Waals surface area contributed by atoms with Crippen molar-refractivity contribution in [1.82, 2.24) is 15.5 Å². The van der Waals surface area contributed by atoms with E-state index in [1.165, 1.54) is 12.1 Å². The zero-order valence-electron chi connectivity index (χ0n) is 11.9. The standard InChI is InChI=1S/C15H17BrFN3O/c1-3-18-14(13-6-7-15(21-2)20-19-13)9-10-8-11(17)4-5-12(10)16/h4-8,14,18H,3,9H2,1-2H3. The highest BCUT2D eigenvalue weighted by Gasteiger charge is 2.15. The van der Waals surface area contributed by atoms with Crippen LogP contribution in [0.15, 0.2) is 34.8 Å². The van der Waals surface area contributed by atoms with Crippen LogP contribution in [0.2, 0.25) is 0 Å². The summed E-state index contributed by atoms with van der Waals surface area (Å²) in [5.74, 6) is 0.227. The SMILES string of the molecule is CCNC(Cc1cc(F)ccc1Br)c1ccc(OC)nn1. The maximum Gasteiger partial charge on any atom is 0.233 e. The summed E-state index contributed by atoms with van der Waals surface area (Å²) >= 11 is 3.45. The van der Waals surface area contributed by atoms with E-state index in [0.717, 1.165) is 22.3 Å². The number of hydrogen-bond donors (Lipinski definition) is 1. The highest BCUT2D eigenvalue weighted by atomic mass is 79.9. The van der Waals surface area contributed by atoms with E-state index in [4.69, 9.17) is 4.74 Å². The zero-order chi connectivity index (χ0) is 15.2. The van der Waals surface area contributed by atoms with Gasteiger partial charge in [0.1, 0.15) is 5.82 Å². The summed E-state index contributed by atoms with van der Waals surface area (Å²) in [6.07, 6.45) is 0.618. The molecule has 1 aromatic carbocycles. The van der Waals surface area contributed by atoms with Crippen LogP contribution in [-0.4, -0.2) is 23.9 Å². The second kappa shape index (κ2) is 7.47. The molecule has 1 N–H and O–H groups in total. The van der Waals surface area contributed by atoms with Gasteiger partial charge in [0.25, 0.3) is 0 Å². The van der Waals surface area contributed by atoms with Gasteiger partial charge in [0.15, 0.2) is 0 Å². The van der Waals surface area contributed by atoms with E-state index >= 15 is 0 Å². The molecule has 0 aliphatic rings. The van der Waals surface area contributed by atoms with Crippen LogP contribution in [-0.2, 0) is 6.42 Å². The van der Waals surface area contributed by atoms with Gasteiger partial charge in [-0.3, -0.25) is 0 Å². The van der Waals surface area contributed by atoms with Gasteiger partial charge in [0.2, 0.25) is 5.88 Å². The Morgan fingerprint density at radius 2 is 2.10 bits per heavy atom. The van der Waals surface area contributed by atoms with Crippen molar-refractivity contribution in [3.05, 3.63) is 51.9 Å². The molecule has 0 amide bonds. The highest BCUT2D eigenvalue weighted by Crippen LogP contribution is 2.24. The van der Waals surface area contributed by atoms with Gasteiger partial charge in [-0.15, -0.1) is 5.10 Å². The lowest BCUT2D eigenvalue weighted by Crippen LogP contribution is -2.24. The molecule has 0 saturated heterocycles. The van der Waals surface area contributed by atoms with E-state index in [1.54, 1.807) is 19.2 Å². The third-order valence-electron chi connectivity index (χ3n) is 3.11. The number of hydrogen-bond acceptors (Lipinski definition) is 4. The first-order valence-corrected chi connectivity index (χ1v) is 7.48. The Balaban J connectivity index is 2.23. The normalized spacial score (nSPS) is 12.2. The van der Waals surface area contributed by atoms with Crippen molar-refractivity contribution in [1.29, 1.82) is 0 Å². The molecule has 0 radical (unpaired) electrons. The highest BCUT2D eigenvalue weighted by molar-refractivity contribution is 9.10. The molecule has 1 unspecified atom stereocenters. The van der Waals surface area contributed by atoms with Crippen molar-refractivity contribution >= 4 is 15.9 Å². The molecule has 0 bridgehead atoms. The minimum atomic E-state index is -0.246. The van der Waals surface area contributed by atoms with Crippen LogP contribution in [0.3, 0.4) is 0 Å². The molecule has 112 valence electrons. The van der Waals surface area contributed by atoms with E-state index in [1.807, 2.05) is 13.0 Å². The quantitative estimate of drug-likeness (QED) is 0.865. The Kier molecular flexibility index (Phi) is 5.64. The van der Waals surface area contributed by atoms with Gasteiger partial charge in [0, 0.05) is 10.5 Å². The van der Waals surface area contributed by atoms with Gasteiger partial charge >= 0.3 is 0 Å². The molecule has 1 heterocycles. The predicted molar refractivity (Wildman–Crippen MR) is 82.8 cm³/mol. The molecule has 0 fully saturated rings. The second-order valence-electron chi connectivity index (χ2n) is 4.55. The predicted octanol–water partition coefficient (Wildman–Crippen LogP) is 3.28. The molecule has 4 nitrogen and oxygen atoms in total. The van der Waals surface area contributed by atoms with Crippen molar-refractivity contribution < 1.29 is 9.13 Å². The Hall–Kier alpha value is -1.53. The molecule has 2 aromatic rings. The summed E-state index contributed by atoms with van der Waals surface area (Å²) in [5, 5.41) is 11.5. The first-order valence-electron chi connectivity index (χ1n) is 6.69. The summed E-state index contributed by atoms with van der Waals surface area (Å²) in [6.45, 7) is 2.80. The maximum atomic E-state index is 13.4. The van der Waals surface area contributed by atoms with Crippen molar-refractivity contribution in [3.63, 3.8) is 0 Å². The zero-order valence-corrected chi connectivity index (χ0v) is 13.5. The Bertz CT molecular complexity index is 592. The molecule has 0 aliphatic carbocycles. The van der Waals surface area contributed by atoms with Crippen LogP contribution >= 0.6 is 15.9 Å². The Labute approximate surface area is 131 Å². The molecular weight excluding hydrogens is 337 g/mol. The number of halogens is 2. The van der Waals surface area contributed by atoms with Crippen LogP contribution in [0.5, 0.6) is 5.88 Å². The fourth-order valence-electron chi connectivity index (χ4n) is 2.07. The summed E-state index contributed by atoms with van der Waals surface area (Å²) in [4.78, 5) is 0. The minimum absolute atomic E-state index is 0.0356. The summed E-state index contributed by atoms with van der Waals surface area (Å²) in [7, 11) is 1.55.